The first-order valence-corrected chi connectivity index (χ1v) is 9.04. The number of hydrogen-bond donors (Lipinski definition) is 1. The lowest BCUT2D eigenvalue weighted by Gasteiger charge is -2.26. The smallest absolute Gasteiger partial charge is 0.133 e. The van der Waals surface area contributed by atoms with Crippen LogP contribution in [0.1, 0.15) is 17.2 Å². The first-order valence-electron chi connectivity index (χ1n) is 9.04. The summed E-state index contributed by atoms with van der Waals surface area (Å²) in [5.41, 5.74) is 5.98. The molecule has 1 N–H and O–H groups in total. The largest absolute Gasteiger partial charge is 0.457 e. The van der Waals surface area contributed by atoms with E-state index in [9.17, 15) is 5.11 Å². The highest BCUT2D eigenvalue weighted by atomic mass is 16.5. The van der Waals surface area contributed by atoms with Crippen LogP contribution in [0.15, 0.2) is 97.1 Å². The summed E-state index contributed by atoms with van der Waals surface area (Å²) in [6.07, 6.45) is -0.712. The molecule has 0 saturated heterocycles. The summed E-state index contributed by atoms with van der Waals surface area (Å²) < 4.78 is 6.07. The quantitative estimate of drug-likeness (QED) is 0.466. The maximum absolute atomic E-state index is 11.1. The molecule has 4 aromatic carbocycles. The molecule has 27 heavy (non-hydrogen) atoms. The first-order chi connectivity index (χ1) is 13.3. The zero-order chi connectivity index (χ0) is 18.2. The number of ether oxygens (including phenoxy) is 1. The maximum Gasteiger partial charge on any atom is 0.133 e. The molecule has 0 radical (unpaired) electrons. The van der Waals surface area contributed by atoms with E-state index in [1.807, 2.05) is 72.8 Å². The van der Waals surface area contributed by atoms with E-state index in [1.54, 1.807) is 0 Å². The van der Waals surface area contributed by atoms with Gasteiger partial charge in [-0.3, -0.25) is 0 Å². The standard InChI is InChI=1S/C25H18O2/c26-25-21-15-19(17-7-3-1-4-8-17)11-13-23(21)27-24-14-12-20(16-22(24)25)18-9-5-2-6-10-18/h1-16,25-26H. The normalized spacial score (nSPS) is 12.8. The van der Waals surface area contributed by atoms with Crippen LogP contribution in [-0.4, -0.2) is 5.11 Å². The molecule has 0 spiro atoms. The fraction of sp³-hybridized carbons (Fsp3) is 0.0400. The lowest BCUT2D eigenvalue weighted by atomic mass is 9.92. The summed E-state index contributed by atoms with van der Waals surface area (Å²) >= 11 is 0. The van der Waals surface area contributed by atoms with E-state index >= 15 is 0 Å². The Morgan fingerprint density at radius 1 is 0.519 bits per heavy atom. The molecule has 0 bridgehead atoms. The van der Waals surface area contributed by atoms with Crippen molar-refractivity contribution in [3.05, 3.63) is 108 Å². The third-order valence-electron chi connectivity index (χ3n) is 5.04. The van der Waals surface area contributed by atoms with Crippen LogP contribution in [0.25, 0.3) is 22.3 Å². The highest BCUT2D eigenvalue weighted by Crippen LogP contribution is 2.45. The summed E-state index contributed by atoms with van der Waals surface area (Å²) in [4.78, 5) is 0. The fourth-order valence-electron chi connectivity index (χ4n) is 3.62. The van der Waals surface area contributed by atoms with Gasteiger partial charge in [-0.25, -0.2) is 0 Å². The predicted molar refractivity (Wildman–Crippen MR) is 108 cm³/mol. The number of benzene rings is 4. The third kappa shape index (κ3) is 2.80. The van der Waals surface area contributed by atoms with Crippen molar-refractivity contribution in [2.24, 2.45) is 0 Å². The van der Waals surface area contributed by atoms with E-state index in [-0.39, 0.29) is 0 Å². The summed E-state index contributed by atoms with van der Waals surface area (Å²) in [5, 5.41) is 11.1. The molecule has 5 rings (SSSR count). The van der Waals surface area contributed by atoms with Crippen molar-refractivity contribution in [2.45, 2.75) is 6.10 Å². The first kappa shape index (κ1) is 15.9. The number of aliphatic hydroxyl groups is 1. The molecule has 2 heteroatoms. The van der Waals surface area contributed by atoms with Crippen molar-refractivity contribution in [1.29, 1.82) is 0 Å². The van der Waals surface area contributed by atoms with Crippen LogP contribution in [-0.2, 0) is 0 Å². The molecule has 1 heterocycles. The van der Waals surface area contributed by atoms with Gasteiger partial charge >= 0.3 is 0 Å². The summed E-state index contributed by atoms with van der Waals surface area (Å²) in [6, 6.07) is 32.3. The van der Waals surface area contributed by atoms with Crippen molar-refractivity contribution in [2.75, 3.05) is 0 Å². The number of aliphatic hydroxyl groups excluding tert-OH is 1. The van der Waals surface area contributed by atoms with E-state index in [0.29, 0.717) is 11.5 Å². The molecule has 1 aliphatic heterocycles. The second-order valence-corrected chi connectivity index (χ2v) is 6.74. The Morgan fingerprint density at radius 3 is 1.41 bits per heavy atom. The fourth-order valence-corrected chi connectivity index (χ4v) is 3.62. The summed E-state index contributed by atoms with van der Waals surface area (Å²) in [7, 11) is 0. The van der Waals surface area contributed by atoms with Crippen LogP contribution < -0.4 is 4.74 Å². The topological polar surface area (TPSA) is 29.5 Å². The predicted octanol–water partition coefficient (Wildman–Crippen LogP) is 6.21. The van der Waals surface area contributed by atoms with E-state index in [2.05, 4.69) is 24.3 Å². The molecule has 0 saturated carbocycles. The van der Waals surface area contributed by atoms with Gasteiger partial charge in [-0.2, -0.15) is 0 Å². The van der Waals surface area contributed by atoms with Crippen molar-refractivity contribution in [3.8, 4) is 33.8 Å². The molecule has 0 amide bonds. The Kier molecular flexibility index (Phi) is 3.77. The summed E-state index contributed by atoms with van der Waals surface area (Å²) in [5.74, 6) is 1.42. The van der Waals surface area contributed by atoms with Crippen LogP contribution in [0.2, 0.25) is 0 Å². The van der Waals surface area contributed by atoms with Gasteiger partial charge in [0.2, 0.25) is 0 Å². The minimum Gasteiger partial charge on any atom is -0.457 e. The average molecular weight is 350 g/mol. The van der Waals surface area contributed by atoms with Gasteiger partial charge in [-0.15, -0.1) is 0 Å². The Morgan fingerprint density at radius 2 is 0.963 bits per heavy atom. The number of rotatable bonds is 2. The van der Waals surface area contributed by atoms with E-state index in [1.165, 1.54) is 0 Å². The van der Waals surface area contributed by atoms with E-state index in [0.717, 1.165) is 33.4 Å². The van der Waals surface area contributed by atoms with Crippen molar-refractivity contribution < 1.29 is 9.84 Å². The van der Waals surface area contributed by atoms with E-state index in [4.69, 9.17) is 4.74 Å². The SMILES string of the molecule is OC1c2cc(-c3ccccc3)ccc2Oc2ccc(-c3ccccc3)cc21. The Balaban J connectivity index is 1.57. The Labute approximate surface area is 158 Å². The molecule has 0 fully saturated rings. The van der Waals surface area contributed by atoms with E-state index < -0.39 is 6.10 Å². The van der Waals surface area contributed by atoms with Crippen LogP contribution in [0, 0.1) is 0 Å². The molecule has 0 aliphatic carbocycles. The van der Waals surface area contributed by atoms with Gasteiger partial charge < -0.3 is 9.84 Å². The molecule has 130 valence electrons. The van der Waals surface area contributed by atoms with Gasteiger partial charge in [0.15, 0.2) is 0 Å². The van der Waals surface area contributed by atoms with Gasteiger partial charge in [-0.1, -0.05) is 72.8 Å². The van der Waals surface area contributed by atoms with Gasteiger partial charge in [0, 0.05) is 11.1 Å². The van der Waals surface area contributed by atoms with Gasteiger partial charge in [-0.05, 0) is 46.5 Å². The number of fused-ring (bicyclic) bond motifs is 2. The van der Waals surface area contributed by atoms with Crippen molar-refractivity contribution in [1.82, 2.24) is 0 Å². The molecule has 4 aromatic rings. The minimum absolute atomic E-state index is 0.710. The molecule has 2 nitrogen and oxygen atoms in total. The maximum atomic E-state index is 11.1. The second-order valence-electron chi connectivity index (χ2n) is 6.74. The Bertz CT molecular complexity index is 1010. The van der Waals surface area contributed by atoms with Crippen LogP contribution in [0.3, 0.4) is 0 Å². The highest BCUT2D eigenvalue weighted by molar-refractivity contribution is 5.70. The van der Waals surface area contributed by atoms with Gasteiger partial charge in [0.05, 0.1) is 0 Å². The zero-order valence-electron chi connectivity index (χ0n) is 14.7. The molecule has 0 aromatic heterocycles. The monoisotopic (exact) mass is 350 g/mol. The van der Waals surface area contributed by atoms with Gasteiger partial charge in [0.25, 0.3) is 0 Å². The van der Waals surface area contributed by atoms with Crippen molar-refractivity contribution in [3.63, 3.8) is 0 Å². The lowest BCUT2D eigenvalue weighted by molar-refractivity contribution is 0.203. The molecule has 1 aliphatic rings. The van der Waals surface area contributed by atoms with Crippen molar-refractivity contribution >= 4 is 0 Å². The Hall–Kier alpha value is -3.36. The highest BCUT2D eigenvalue weighted by Gasteiger charge is 2.26. The zero-order valence-corrected chi connectivity index (χ0v) is 14.7. The average Bonchev–Trinajstić information content (AvgIpc) is 2.75. The molecule has 0 unspecified atom stereocenters. The molecular formula is C25H18O2. The third-order valence-corrected chi connectivity index (χ3v) is 5.04. The van der Waals surface area contributed by atoms with Gasteiger partial charge in [0.1, 0.15) is 17.6 Å². The molecule has 0 atom stereocenters. The van der Waals surface area contributed by atoms with Crippen LogP contribution in [0.4, 0.5) is 0 Å². The second kappa shape index (κ2) is 6.42. The minimum atomic E-state index is -0.712. The lowest BCUT2D eigenvalue weighted by Crippen LogP contribution is -2.10. The van der Waals surface area contributed by atoms with Crippen LogP contribution in [0.5, 0.6) is 11.5 Å². The number of hydrogen-bond acceptors (Lipinski definition) is 2. The van der Waals surface area contributed by atoms with Crippen LogP contribution >= 0.6 is 0 Å². The summed E-state index contributed by atoms with van der Waals surface area (Å²) in [6.45, 7) is 0. The molecular weight excluding hydrogens is 332 g/mol.